The smallest absolute Gasteiger partial charge is 0.412 e. The second kappa shape index (κ2) is 7.15. The molecule has 0 spiro atoms. The number of carbonyl (C=O) groups excluding carboxylic acids is 1. The van der Waals surface area contributed by atoms with Gasteiger partial charge in [0, 0.05) is 22.6 Å². The van der Waals surface area contributed by atoms with Gasteiger partial charge in [0.2, 0.25) is 0 Å². The van der Waals surface area contributed by atoms with Gasteiger partial charge in [0.15, 0.2) is 0 Å². The normalized spacial score (nSPS) is 11.0. The zero-order chi connectivity index (χ0) is 16.9. The lowest BCUT2D eigenvalue weighted by atomic mass is 10.1. The number of anilines is 3. The zero-order valence-electron chi connectivity index (χ0n) is 13.6. The van der Waals surface area contributed by atoms with Crippen LogP contribution in [0.5, 0.6) is 0 Å². The summed E-state index contributed by atoms with van der Waals surface area (Å²) in [6, 6.07) is 14.8. The average molecular weight is 314 g/mol. The van der Waals surface area contributed by atoms with Gasteiger partial charge in [-0.15, -0.1) is 0 Å². The summed E-state index contributed by atoms with van der Waals surface area (Å²) in [6.45, 7) is 5.40. The third-order valence-electron chi connectivity index (χ3n) is 2.97. The molecular weight excluding hydrogens is 292 g/mol. The van der Waals surface area contributed by atoms with Crippen molar-refractivity contribution in [1.29, 1.82) is 0 Å². The maximum Gasteiger partial charge on any atom is 0.412 e. The predicted octanol–water partition coefficient (Wildman–Crippen LogP) is 4.27. The lowest BCUT2D eigenvalue weighted by molar-refractivity contribution is 0.0636. The molecule has 5 nitrogen and oxygen atoms in total. The molecule has 3 N–H and O–H groups in total. The van der Waals surface area contributed by atoms with Crippen LogP contribution in [0.15, 0.2) is 48.5 Å². The molecule has 2 aromatic rings. The summed E-state index contributed by atoms with van der Waals surface area (Å²) in [5, 5.41) is 15.3. The second-order valence-corrected chi connectivity index (χ2v) is 6.15. The van der Waals surface area contributed by atoms with Crippen LogP contribution in [0.2, 0.25) is 0 Å². The number of nitrogens with one attached hydrogen (secondary N) is 2. The first-order valence-corrected chi connectivity index (χ1v) is 7.43. The predicted molar refractivity (Wildman–Crippen MR) is 91.9 cm³/mol. The summed E-state index contributed by atoms with van der Waals surface area (Å²) < 4.78 is 5.23. The lowest BCUT2D eigenvalue weighted by Gasteiger charge is -2.20. The highest BCUT2D eigenvalue weighted by Gasteiger charge is 2.16. The van der Waals surface area contributed by atoms with Crippen LogP contribution in [0.25, 0.3) is 0 Å². The summed E-state index contributed by atoms with van der Waals surface area (Å²) in [4.78, 5) is 11.8. The van der Waals surface area contributed by atoms with Gasteiger partial charge in [-0.1, -0.05) is 24.3 Å². The number of aliphatic hydroxyl groups excluding tert-OH is 1. The number of hydrogen-bond acceptors (Lipinski definition) is 4. The Balaban J connectivity index is 2.09. The summed E-state index contributed by atoms with van der Waals surface area (Å²) >= 11 is 0. The Bertz CT molecular complexity index is 678. The first-order chi connectivity index (χ1) is 10.9. The van der Waals surface area contributed by atoms with Crippen molar-refractivity contribution in [2.24, 2.45) is 0 Å². The fourth-order valence-electron chi connectivity index (χ4n) is 2.03. The number of hydrogen-bond donors (Lipinski definition) is 3. The molecule has 0 aliphatic heterocycles. The zero-order valence-corrected chi connectivity index (χ0v) is 13.6. The molecule has 5 heteroatoms. The van der Waals surface area contributed by atoms with Crippen LogP contribution in [-0.2, 0) is 11.3 Å². The van der Waals surface area contributed by atoms with Gasteiger partial charge in [0.25, 0.3) is 0 Å². The van der Waals surface area contributed by atoms with E-state index in [0.717, 1.165) is 16.9 Å². The van der Waals surface area contributed by atoms with Crippen molar-refractivity contribution in [3.8, 4) is 0 Å². The summed E-state index contributed by atoms with van der Waals surface area (Å²) in [7, 11) is 0. The topological polar surface area (TPSA) is 70.6 Å². The Morgan fingerprint density at radius 3 is 2.48 bits per heavy atom. The van der Waals surface area contributed by atoms with Crippen molar-refractivity contribution in [1.82, 2.24) is 0 Å². The molecule has 0 fully saturated rings. The van der Waals surface area contributed by atoms with Crippen molar-refractivity contribution in [3.05, 3.63) is 54.1 Å². The monoisotopic (exact) mass is 314 g/mol. The molecule has 2 aromatic carbocycles. The highest BCUT2D eigenvalue weighted by molar-refractivity contribution is 5.86. The number of aliphatic hydroxyl groups is 1. The Kier molecular flexibility index (Phi) is 5.24. The van der Waals surface area contributed by atoms with Crippen molar-refractivity contribution < 1.29 is 14.6 Å². The SMILES string of the molecule is CC(C)(C)OC(=O)Nc1cccc(Nc2ccccc2CO)c1. The van der Waals surface area contributed by atoms with E-state index in [4.69, 9.17) is 4.74 Å². The fraction of sp³-hybridized carbons (Fsp3) is 0.278. The van der Waals surface area contributed by atoms with Gasteiger partial charge < -0.3 is 15.2 Å². The largest absolute Gasteiger partial charge is 0.444 e. The number of ether oxygens (including phenoxy) is 1. The highest BCUT2D eigenvalue weighted by atomic mass is 16.6. The van der Waals surface area contributed by atoms with Crippen LogP contribution < -0.4 is 10.6 Å². The average Bonchev–Trinajstić information content (AvgIpc) is 2.46. The molecule has 0 heterocycles. The molecule has 23 heavy (non-hydrogen) atoms. The van der Waals surface area contributed by atoms with Crippen molar-refractivity contribution >= 4 is 23.2 Å². The first kappa shape index (κ1) is 16.8. The van der Waals surface area contributed by atoms with Crippen molar-refractivity contribution in [2.45, 2.75) is 33.0 Å². The summed E-state index contributed by atoms with van der Waals surface area (Å²) in [6.07, 6.45) is -0.495. The number of benzene rings is 2. The summed E-state index contributed by atoms with van der Waals surface area (Å²) in [5.41, 5.74) is 2.52. The van der Waals surface area contributed by atoms with E-state index in [-0.39, 0.29) is 6.61 Å². The maximum absolute atomic E-state index is 11.8. The lowest BCUT2D eigenvalue weighted by Crippen LogP contribution is -2.27. The van der Waals surface area contributed by atoms with Crippen LogP contribution in [0.1, 0.15) is 26.3 Å². The Labute approximate surface area is 136 Å². The number of carbonyl (C=O) groups is 1. The van der Waals surface area contributed by atoms with Gasteiger partial charge in [-0.05, 0) is 45.0 Å². The molecule has 0 bridgehead atoms. The van der Waals surface area contributed by atoms with Crippen LogP contribution >= 0.6 is 0 Å². The quantitative estimate of drug-likeness (QED) is 0.788. The minimum atomic E-state index is -0.542. The van der Waals surface area contributed by atoms with E-state index >= 15 is 0 Å². The van der Waals surface area contributed by atoms with Gasteiger partial charge in [0.05, 0.1) is 6.61 Å². The maximum atomic E-state index is 11.8. The highest BCUT2D eigenvalue weighted by Crippen LogP contribution is 2.23. The van der Waals surface area contributed by atoms with Crippen LogP contribution in [0.3, 0.4) is 0 Å². The van der Waals surface area contributed by atoms with Gasteiger partial charge in [-0.3, -0.25) is 5.32 Å². The molecular formula is C18H22N2O3. The second-order valence-electron chi connectivity index (χ2n) is 6.15. The van der Waals surface area contributed by atoms with E-state index in [1.54, 1.807) is 12.1 Å². The van der Waals surface area contributed by atoms with Gasteiger partial charge in [0.1, 0.15) is 5.60 Å². The standard InChI is InChI=1S/C18H22N2O3/c1-18(2,3)23-17(22)20-15-9-6-8-14(11-15)19-16-10-5-4-7-13(16)12-21/h4-11,19,21H,12H2,1-3H3,(H,20,22). The van der Waals surface area contributed by atoms with E-state index in [1.807, 2.05) is 57.2 Å². The molecule has 1 amide bonds. The number of para-hydroxylation sites is 1. The molecule has 0 aliphatic carbocycles. The number of rotatable bonds is 4. The minimum absolute atomic E-state index is 0.0426. The molecule has 0 radical (unpaired) electrons. The van der Waals surface area contributed by atoms with Crippen LogP contribution in [-0.4, -0.2) is 16.8 Å². The number of amides is 1. The molecule has 0 saturated heterocycles. The molecule has 0 aliphatic rings. The Hall–Kier alpha value is -2.53. The third kappa shape index (κ3) is 5.30. The Morgan fingerprint density at radius 2 is 1.78 bits per heavy atom. The van der Waals surface area contributed by atoms with Gasteiger partial charge in [-0.25, -0.2) is 4.79 Å². The van der Waals surface area contributed by atoms with Crippen LogP contribution in [0.4, 0.5) is 21.9 Å². The molecule has 0 atom stereocenters. The van der Waals surface area contributed by atoms with E-state index < -0.39 is 11.7 Å². The fourth-order valence-corrected chi connectivity index (χ4v) is 2.03. The molecule has 2 rings (SSSR count). The summed E-state index contributed by atoms with van der Waals surface area (Å²) in [5.74, 6) is 0. The van der Waals surface area contributed by atoms with E-state index in [1.165, 1.54) is 0 Å². The van der Waals surface area contributed by atoms with Gasteiger partial charge in [-0.2, -0.15) is 0 Å². The molecule has 0 unspecified atom stereocenters. The Morgan fingerprint density at radius 1 is 1.09 bits per heavy atom. The van der Waals surface area contributed by atoms with Crippen molar-refractivity contribution in [3.63, 3.8) is 0 Å². The van der Waals surface area contributed by atoms with Crippen LogP contribution in [0, 0.1) is 0 Å². The molecule has 122 valence electrons. The van der Waals surface area contributed by atoms with E-state index in [2.05, 4.69) is 10.6 Å². The molecule has 0 aromatic heterocycles. The van der Waals surface area contributed by atoms with Gasteiger partial charge >= 0.3 is 6.09 Å². The van der Waals surface area contributed by atoms with Crippen molar-refractivity contribution in [2.75, 3.05) is 10.6 Å². The van der Waals surface area contributed by atoms with E-state index in [0.29, 0.717) is 5.69 Å². The first-order valence-electron chi connectivity index (χ1n) is 7.43. The van der Waals surface area contributed by atoms with E-state index in [9.17, 15) is 9.90 Å². The molecule has 0 saturated carbocycles. The third-order valence-corrected chi connectivity index (χ3v) is 2.97. The minimum Gasteiger partial charge on any atom is -0.444 e.